The van der Waals surface area contributed by atoms with Crippen LogP contribution in [0.4, 0.5) is 5.69 Å². The molecule has 6 heteroatoms. The van der Waals surface area contributed by atoms with Crippen LogP contribution >= 0.6 is 11.6 Å². The van der Waals surface area contributed by atoms with Gasteiger partial charge in [0.25, 0.3) is 5.91 Å². The van der Waals surface area contributed by atoms with E-state index in [0.717, 1.165) is 16.8 Å². The van der Waals surface area contributed by atoms with Crippen molar-refractivity contribution in [3.05, 3.63) is 82.3 Å². The van der Waals surface area contributed by atoms with E-state index >= 15 is 0 Å². The van der Waals surface area contributed by atoms with E-state index in [1.165, 1.54) is 0 Å². The molecule has 0 fully saturated rings. The Hall–Kier alpha value is -2.37. The number of hydrogen-bond donors (Lipinski definition) is 1. The van der Waals surface area contributed by atoms with Gasteiger partial charge < -0.3 is 9.73 Å². The molecule has 4 nitrogen and oxygen atoms in total. The fourth-order valence-corrected chi connectivity index (χ4v) is 3.58. The Balaban J connectivity index is 1.69. The average molecular weight is 388 g/mol. The van der Waals surface area contributed by atoms with Gasteiger partial charge in [-0.2, -0.15) is 0 Å². The van der Waals surface area contributed by atoms with Crippen molar-refractivity contribution < 1.29 is 13.4 Å². The summed E-state index contributed by atoms with van der Waals surface area (Å²) in [5.74, 6) is 0.541. The van der Waals surface area contributed by atoms with Crippen molar-refractivity contribution in [1.29, 1.82) is 0 Å². The van der Waals surface area contributed by atoms with Gasteiger partial charge in [-0.15, -0.1) is 0 Å². The number of nitrogens with one attached hydrogen (secondary N) is 1. The van der Waals surface area contributed by atoms with Gasteiger partial charge in [0.15, 0.2) is 5.76 Å². The molecule has 0 unspecified atom stereocenters. The van der Waals surface area contributed by atoms with E-state index in [2.05, 4.69) is 5.32 Å². The lowest BCUT2D eigenvalue weighted by molar-refractivity contribution is 0.0995. The molecule has 1 atom stereocenters. The highest BCUT2D eigenvalue weighted by molar-refractivity contribution is 7.84. The number of hydrogen-bond acceptors (Lipinski definition) is 3. The molecule has 1 N–H and O–H groups in total. The molecule has 0 aliphatic heterocycles. The van der Waals surface area contributed by atoms with Crippen molar-refractivity contribution in [2.75, 3.05) is 5.32 Å². The molecule has 0 spiro atoms. The largest absolute Gasteiger partial charge is 0.455 e. The maximum atomic E-state index is 12.4. The smallest absolute Gasteiger partial charge is 0.291 e. The summed E-state index contributed by atoms with van der Waals surface area (Å²) < 4.78 is 18.0. The maximum Gasteiger partial charge on any atom is 0.291 e. The van der Waals surface area contributed by atoms with Gasteiger partial charge >= 0.3 is 0 Å². The van der Waals surface area contributed by atoms with Gasteiger partial charge in [0.2, 0.25) is 0 Å². The molecule has 0 bridgehead atoms. The fourth-order valence-electron chi connectivity index (χ4n) is 2.43. The first kappa shape index (κ1) is 18.4. The third-order valence-corrected chi connectivity index (χ3v) is 5.47. The van der Waals surface area contributed by atoms with Gasteiger partial charge in [-0.25, -0.2) is 0 Å². The molecule has 0 saturated carbocycles. The second kappa shape index (κ2) is 7.89. The third kappa shape index (κ3) is 4.42. The average Bonchev–Trinajstić information content (AvgIpc) is 3.07. The maximum absolute atomic E-state index is 12.4. The molecule has 0 aliphatic carbocycles. The van der Waals surface area contributed by atoms with Crippen LogP contribution in [0.2, 0.25) is 5.02 Å². The number of aryl methyl sites for hydroxylation is 2. The van der Waals surface area contributed by atoms with Crippen LogP contribution in [0.15, 0.2) is 63.9 Å². The number of benzene rings is 2. The molecular formula is C20H18ClNO3S. The second-order valence-corrected chi connectivity index (χ2v) is 7.87. The van der Waals surface area contributed by atoms with Crippen molar-refractivity contribution >= 4 is 34.0 Å². The zero-order valence-corrected chi connectivity index (χ0v) is 16.0. The van der Waals surface area contributed by atoms with Crippen LogP contribution < -0.4 is 5.32 Å². The summed E-state index contributed by atoms with van der Waals surface area (Å²) in [6.07, 6.45) is 0. The summed E-state index contributed by atoms with van der Waals surface area (Å²) in [4.78, 5) is 13.0. The number of furan rings is 1. The second-order valence-electron chi connectivity index (χ2n) is 5.98. The van der Waals surface area contributed by atoms with Gasteiger partial charge in [0.05, 0.1) is 16.6 Å². The Morgan fingerprint density at radius 3 is 2.54 bits per heavy atom. The summed E-state index contributed by atoms with van der Waals surface area (Å²) in [5.41, 5.74) is 2.78. The van der Waals surface area contributed by atoms with Gasteiger partial charge in [-0.3, -0.25) is 9.00 Å². The molecule has 1 heterocycles. The topological polar surface area (TPSA) is 59.3 Å². The Labute approximate surface area is 159 Å². The Kier molecular flexibility index (Phi) is 5.59. The highest BCUT2D eigenvalue weighted by Gasteiger charge is 2.15. The summed E-state index contributed by atoms with van der Waals surface area (Å²) in [5, 5.41) is 3.44. The van der Waals surface area contributed by atoms with Crippen molar-refractivity contribution in [2.24, 2.45) is 0 Å². The number of amides is 1. The molecule has 134 valence electrons. The first-order chi connectivity index (χ1) is 12.4. The zero-order chi connectivity index (χ0) is 18.7. The van der Waals surface area contributed by atoms with Gasteiger partial charge in [-0.05, 0) is 67.4 Å². The monoisotopic (exact) mass is 387 g/mol. The molecule has 1 amide bonds. The first-order valence-electron chi connectivity index (χ1n) is 8.03. The molecule has 0 aliphatic rings. The van der Waals surface area contributed by atoms with E-state index in [-0.39, 0.29) is 17.4 Å². The first-order valence-corrected chi connectivity index (χ1v) is 9.73. The van der Waals surface area contributed by atoms with E-state index in [0.29, 0.717) is 15.7 Å². The highest BCUT2D eigenvalue weighted by atomic mass is 35.5. The van der Waals surface area contributed by atoms with Gasteiger partial charge in [0.1, 0.15) is 5.76 Å². The summed E-state index contributed by atoms with van der Waals surface area (Å²) in [6.45, 7) is 3.89. The van der Waals surface area contributed by atoms with Gasteiger partial charge in [-0.1, -0.05) is 23.7 Å². The predicted octanol–water partition coefficient (Wildman–Crippen LogP) is 5.11. The van der Waals surface area contributed by atoms with E-state index in [9.17, 15) is 9.00 Å². The Bertz CT molecular complexity index is 963. The van der Waals surface area contributed by atoms with Crippen LogP contribution in [0.25, 0.3) is 0 Å². The molecule has 2 aromatic carbocycles. The van der Waals surface area contributed by atoms with E-state index < -0.39 is 10.8 Å². The number of rotatable bonds is 5. The molecule has 1 aromatic heterocycles. The highest BCUT2D eigenvalue weighted by Crippen LogP contribution is 2.20. The van der Waals surface area contributed by atoms with Crippen LogP contribution in [0.5, 0.6) is 0 Å². The molecule has 0 radical (unpaired) electrons. The van der Waals surface area contributed by atoms with E-state index in [1.54, 1.807) is 36.4 Å². The van der Waals surface area contributed by atoms with Gasteiger partial charge in [0, 0.05) is 15.6 Å². The molecule has 3 aromatic rings. The normalized spacial score (nSPS) is 12.0. The number of carbonyl (C=O) groups excluding carboxylic acids is 1. The number of anilines is 1. The summed E-state index contributed by atoms with van der Waals surface area (Å²) in [6, 6.07) is 15.9. The van der Waals surface area contributed by atoms with Crippen LogP contribution in [-0.4, -0.2) is 10.1 Å². The fraction of sp³-hybridized carbons (Fsp3) is 0.150. The molecule has 0 saturated heterocycles. The lowest BCUT2D eigenvalue weighted by atomic mass is 10.1. The zero-order valence-electron chi connectivity index (χ0n) is 14.4. The predicted molar refractivity (Wildman–Crippen MR) is 104 cm³/mol. The van der Waals surface area contributed by atoms with Crippen molar-refractivity contribution in [3.8, 4) is 0 Å². The van der Waals surface area contributed by atoms with Crippen LogP contribution in [0.1, 0.15) is 27.4 Å². The Morgan fingerprint density at radius 2 is 1.81 bits per heavy atom. The van der Waals surface area contributed by atoms with E-state index in [4.69, 9.17) is 16.0 Å². The minimum absolute atomic E-state index is 0.189. The lowest BCUT2D eigenvalue weighted by Crippen LogP contribution is -2.12. The van der Waals surface area contributed by atoms with Crippen LogP contribution in [-0.2, 0) is 16.6 Å². The van der Waals surface area contributed by atoms with Crippen LogP contribution in [0.3, 0.4) is 0 Å². The van der Waals surface area contributed by atoms with Crippen molar-refractivity contribution in [3.63, 3.8) is 0 Å². The van der Waals surface area contributed by atoms with E-state index in [1.807, 2.05) is 32.0 Å². The Morgan fingerprint density at radius 1 is 1.08 bits per heavy atom. The van der Waals surface area contributed by atoms with Crippen molar-refractivity contribution in [1.82, 2.24) is 0 Å². The number of carbonyl (C=O) groups is 1. The summed E-state index contributed by atoms with van der Waals surface area (Å²) in [7, 11) is -1.27. The minimum Gasteiger partial charge on any atom is -0.455 e. The molecule has 26 heavy (non-hydrogen) atoms. The number of halogens is 1. The standard InChI is InChI=1S/C20H18ClNO3S/c1-13-3-4-14(2)18(11-13)22-20(23)19-10-7-16(25-19)12-26(24)17-8-5-15(21)6-9-17/h3-11H,12H2,1-2H3,(H,22,23)/t26-/m1/s1. The van der Waals surface area contributed by atoms with Crippen LogP contribution in [0, 0.1) is 13.8 Å². The molecule has 3 rings (SSSR count). The molecular weight excluding hydrogens is 370 g/mol. The quantitative estimate of drug-likeness (QED) is 0.661. The minimum atomic E-state index is -1.27. The lowest BCUT2D eigenvalue weighted by Gasteiger charge is -2.08. The summed E-state index contributed by atoms with van der Waals surface area (Å²) >= 11 is 5.84. The third-order valence-electron chi connectivity index (χ3n) is 3.88. The van der Waals surface area contributed by atoms with Crippen molar-refractivity contribution in [2.45, 2.75) is 24.5 Å². The SMILES string of the molecule is Cc1ccc(C)c(NC(=O)c2ccc(C[S@@](=O)c3ccc(Cl)cc3)o2)c1.